The number of hydrogen-bond donors (Lipinski definition) is 1. The molecular weight excluding hydrogens is 441 g/mol. The van der Waals surface area contributed by atoms with Crippen LogP contribution in [0.2, 0.25) is 0 Å². The Bertz CT molecular complexity index is 1190. The van der Waals surface area contributed by atoms with E-state index in [-0.39, 0.29) is 17.9 Å². The smallest absolute Gasteiger partial charge is 0.326 e. The molecule has 1 aliphatic heterocycles. The molecule has 32 heavy (non-hydrogen) atoms. The fourth-order valence-corrected chi connectivity index (χ4v) is 4.69. The van der Waals surface area contributed by atoms with E-state index in [1.807, 2.05) is 6.26 Å². The van der Waals surface area contributed by atoms with Crippen molar-refractivity contribution in [3.05, 3.63) is 64.6 Å². The summed E-state index contributed by atoms with van der Waals surface area (Å²) >= 11 is 1.38. The van der Waals surface area contributed by atoms with Gasteiger partial charge in [-0.25, -0.2) is 4.79 Å². The predicted octanol–water partition coefficient (Wildman–Crippen LogP) is 4.97. The topological polar surface area (TPSA) is 86.1 Å². The van der Waals surface area contributed by atoms with Gasteiger partial charge in [0.25, 0.3) is 0 Å². The molecule has 10 heteroatoms. The van der Waals surface area contributed by atoms with Gasteiger partial charge in [-0.1, -0.05) is 6.07 Å². The zero-order chi connectivity index (χ0) is 23.0. The molecule has 0 saturated heterocycles. The standard InChI is InChI=1S/C22H17F3N4O2S/c1-32-17-9-12(11-26)5-6-14(17)20-19-15(3-2-4-16(19)30)29(21(31)28-20)13-7-8-27-18(10-13)22(23,24)25/h5-10,20H,2-4H2,1H3,(H,28,31). The van der Waals surface area contributed by atoms with Gasteiger partial charge in [-0.2, -0.15) is 18.4 Å². The highest BCUT2D eigenvalue weighted by molar-refractivity contribution is 7.98. The molecule has 0 fully saturated rings. The number of thioether (sulfide) groups is 1. The number of allylic oxidation sites excluding steroid dienone is 1. The average Bonchev–Trinajstić information content (AvgIpc) is 2.77. The summed E-state index contributed by atoms with van der Waals surface area (Å²) in [5, 5.41) is 12.0. The van der Waals surface area contributed by atoms with Crippen LogP contribution in [0.1, 0.15) is 42.1 Å². The Morgan fingerprint density at radius 1 is 1.22 bits per heavy atom. The second kappa shape index (κ2) is 8.31. The molecule has 1 aromatic carbocycles. The summed E-state index contributed by atoms with van der Waals surface area (Å²) in [6.45, 7) is 0. The molecule has 1 aliphatic carbocycles. The molecule has 2 aromatic rings. The number of ketones is 1. The Morgan fingerprint density at radius 2 is 2.00 bits per heavy atom. The van der Waals surface area contributed by atoms with Crippen molar-refractivity contribution < 1.29 is 22.8 Å². The quantitative estimate of drug-likeness (QED) is 0.657. The lowest BCUT2D eigenvalue weighted by Crippen LogP contribution is -2.49. The Labute approximate surface area is 186 Å². The average molecular weight is 458 g/mol. The molecule has 1 unspecified atom stereocenters. The third-order valence-electron chi connectivity index (χ3n) is 5.42. The number of amides is 2. The van der Waals surface area contributed by atoms with Crippen molar-refractivity contribution in [2.24, 2.45) is 0 Å². The number of rotatable bonds is 3. The van der Waals surface area contributed by atoms with Crippen molar-refractivity contribution in [1.29, 1.82) is 5.26 Å². The van der Waals surface area contributed by atoms with E-state index in [9.17, 15) is 28.0 Å². The van der Waals surface area contributed by atoms with E-state index in [2.05, 4.69) is 16.4 Å². The minimum absolute atomic E-state index is 0.00427. The van der Waals surface area contributed by atoms with Crippen LogP contribution in [0.4, 0.5) is 23.7 Å². The molecule has 4 rings (SSSR count). The number of carbonyl (C=O) groups is 2. The summed E-state index contributed by atoms with van der Waals surface area (Å²) in [6, 6.07) is 7.80. The highest BCUT2D eigenvalue weighted by Gasteiger charge is 2.41. The van der Waals surface area contributed by atoms with Crippen LogP contribution in [0.3, 0.4) is 0 Å². The molecule has 164 valence electrons. The van der Waals surface area contributed by atoms with Crippen molar-refractivity contribution in [1.82, 2.24) is 10.3 Å². The number of urea groups is 1. The SMILES string of the molecule is CSc1cc(C#N)ccc1C1NC(=O)N(c2ccnc(C(F)(F)F)c2)C2=C1C(=O)CCC2. The van der Waals surface area contributed by atoms with Crippen molar-refractivity contribution in [2.45, 2.75) is 36.4 Å². The van der Waals surface area contributed by atoms with E-state index in [4.69, 9.17) is 0 Å². The Hall–Kier alpha value is -3.32. The fourth-order valence-electron chi connectivity index (χ4n) is 4.03. The number of nitrogens with zero attached hydrogens (tertiary/aromatic N) is 3. The van der Waals surface area contributed by atoms with Crippen LogP contribution in [0.25, 0.3) is 0 Å². The minimum Gasteiger partial charge on any atom is -0.326 e. The lowest BCUT2D eigenvalue weighted by Gasteiger charge is -2.39. The van der Waals surface area contributed by atoms with Gasteiger partial charge in [0.2, 0.25) is 0 Å². The first-order valence-electron chi connectivity index (χ1n) is 9.72. The number of benzene rings is 1. The maximum atomic E-state index is 13.2. The fraction of sp³-hybridized carbons (Fsp3) is 0.273. The second-order valence-corrected chi connectivity index (χ2v) is 8.17. The van der Waals surface area contributed by atoms with Crippen molar-refractivity contribution in [3.63, 3.8) is 0 Å². The largest absolute Gasteiger partial charge is 0.433 e. The maximum absolute atomic E-state index is 13.2. The van der Waals surface area contributed by atoms with E-state index >= 15 is 0 Å². The number of nitrogens with one attached hydrogen (secondary N) is 1. The number of hydrogen-bond acceptors (Lipinski definition) is 5. The van der Waals surface area contributed by atoms with Gasteiger partial charge in [-0.3, -0.25) is 14.7 Å². The monoisotopic (exact) mass is 458 g/mol. The van der Waals surface area contributed by atoms with Gasteiger partial charge in [-0.15, -0.1) is 11.8 Å². The van der Waals surface area contributed by atoms with E-state index in [0.29, 0.717) is 35.2 Å². The third-order valence-corrected chi connectivity index (χ3v) is 6.22. The van der Waals surface area contributed by atoms with E-state index in [1.54, 1.807) is 18.2 Å². The number of nitriles is 1. The van der Waals surface area contributed by atoms with E-state index < -0.39 is 23.9 Å². The minimum atomic E-state index is -4.67. The summed E-state index contributed by atoms with van der Waals surface area (Å²) < 4.78 is 39.5. The molecule has 2 amide bonds. The number of Topliss-reactive ketones (excluding diaryl/α,β-unsaturated/α-hetero) is 1. The summed E-state index contributed by atoms with van der Waals surface area (Å²) in [5.41, 5.74) is 0.744. The number of anilines is 1. The van der Waals surface area contributed by atoms with Crippen molar-refractivity contribution in [2.75, 3.05) is 11.2 Å². The summed E-state index contributed by atoms with van der Waals surface area (Å²) in [5.74, 6) is -0.164. The first-order valence-corrected chi connectivity index (χ1v) is 10.9. The molecule has 0 saturated carbocycles. The van der Waals surface area contributed by atoms with Crippen LogP contribution in [0.15, 0.2) is 52.7 Å². The van der Waals surface area contributed by atoms with Gasteiger partial charge < -0.3 is 5.32 Å². The van der Waals surface area contributed by atoms with Gasteiger partial charge >= 0.3 is 12.2 Å². The van der Waals surface area contributed by atoms with Crippen LogP contribution in [-0.4, -0.2) is 23.1 Å². The van der Waals surface area contributed by atoms with E-state index in [0.717, 1.165) is 22.1 Å². The number of halogens is 3. The predicted molar refractivity (Wildman–Crippen MR) is 112 cm³/mol. The molecule has 2 aliphatic rings. The molecule has 1 aromatic heterocycles. The first-order chi connectivity index (χ1) is 15.2. The molecule has 0 radical (unpaired) electrons. The van der Waals surface area contributed by atoms with Crippen molar-refractivity contribution in [3.8, 4) is 6.07 Å². The molecular formula is C22H17F3N4O2S. The van der Waals surface area contributed by atoms with Crippen LogP contribution < -0.4 is 10.2 Å². The van der Waals surface area contributed by atoms with Gasteiger partial charge in [-0.05, 0) is 48.9 Å². The summed E-state index contributed by atoms with van der Waals surface area (Å²) in [7, 11) is 0. The molecule has 1 atom stereocenters. The van der Waals surface area contributed by atoms with Crippen LogP contribution in [0, 0.1) is 11.3 Å². The zero-order valence-electron chi connectivity index (χ0n) is 16.9. The molecule has 0 bridgehead atoms. The highest BCUT2D eigenvalue weighted by atomic mass is 32.2. The zero-order valence-corrected chi connectivity index (χ0v) is 17.7. The molecule has 0 spiro atoms. The van der Waals surface area contributed by atoms with Gasteiger partial charge in [0.05, 0.1) is 23.4 Å². The number of alkyl halides is 3. The van der Waals surface area contributed by atoms with Crippen molar-refractivity contribution >= 4 is 29.3 Å². The van der Waals surface area contributed by atoms with Crippen LogP contribution >= 0.6 is 11.8 Å². The molecule has 6 nitrogen and oxygen atoms in total. The first kappa shape index (κ1) is 21.9. The summed E-state index contributed by atoms with van der Waals surface area (Å²) in [6.07, 6.45) is -0.693. The Balaban J connectivity index is 1.87. The van der Waals surface area contributed by atoms with E-state index in [1.165, 1.54) is 17.8 Å². The molecule has 2 heterocycles. The van der Waals surface area contributed by atoms with Gasteiger partial charge in [0, 0.05) is 28.8 Å². The maximum Gasteiger partial charge on any atom is 0.433 e. The highest BCUT2D eigenvalue weighted by Crippen LogP contribution is 2.42. The van der Waals surface area contributed by atoms with Crippen LogP contribution in [-0.2, 0) is 11.0 Å². The summed E-state index contributed by atoms with van der Waals surface area (Å²) in [4.78, 5) is 31.3. The number of aromatic nitrogens is 1. The Kier molecular flexibility index (Phi) is 5.69. The van der Waals surface area contributed by atoms with Gasteiger partial charge in [0.15, 0.2) is 5.78 Å². The normalized spacial score (nSPS) is 18.8. The second-order valence-electron chi connectivity index (χ2n) is 7.32. The van der Waals surface area contributed by atoms with Gasteiger partial charge in [0.1, 0.15) is 5.69 Å². The number of pyridine rings is 1. The number of carbonyl (C=O) groups excluding carboxylic acids is 2. The molecule has 1 N–H and O–H groups in total. The lowest BCUT2D eigenvalue weighted by atomic mass is 9.84. The lowest BCUT2D eigenvalue weighted by molar-refractivity contribution is -0.141. The third kappa shape index (κ3) is 3.84. The van der Waals surface area contributed by atoms with Crippen LogP contribution in [0.5, 0.6) is 0 Å². The Morgan fingerprint density at radius 3 is 2.69 bits per heavy atom.